The minimum absolute atomic E-state index is 0.00295. The standard InChI is InChI=1S/C22H25N3OS2/c1-12-5-7-14(3)17(9-12)25-20(26)15(4)27-21-19-16-8-6-13(2)10-18(16)28-22(19)24-11-23-21/h5,7,9,11,13,15H,6,8,10H2,1-4H3,(H,25,26). The molecule has 0 bridgehead atoms. The molecule has 6 heteroatoms. The van der Waals surface area contributed by atoms with Gasteiger partial charge >= 0.3 is 0 Å². The minimum Gasteiger partial charge on any atom is -0.325 e. The molecule has 2 atom stereocenters. The number of carbonyl (C=O) groups excluding carboxylic acids is 1. The number of hydrogen-bond donors (Lipinski definition) is 1. The Labute approximate surface area is 174 Å². The summed E-state index contributed by atoms with van der Waals surface area (Å²) >= 11 is 3.33. The van der Waals surface area contributed by atoms with E-state index in [1.807, 2.05) is 32.9 Å². The predicted octanol–water partition coefficient (Wildman–Crippen LogP) is 5.55. The highest BCUT2D eigenvalue weighted by Gasteiger charge is 2.25. The lowest BCUT2D eigenvalue weighted by atomic mass is 9.89. The molecule has 1 N–H and O–H groups in total. The molecular formula is C22H25N3OS2. The van der Waals surface area contributed by atoms with Crippen LogP contribution in [0.15, 0.2) is 29.6 Å². The largest absolute Gasteiger partial charge is 0.325 e. The van der Waals surface area contributed by atoms with Crippen molar-refractivity contribution in [1.29, 1.82) is 0 Å². The van der Waals surface area contributed by atoms with Crippen LogP contribution in [0.25, 0.3) is 10.2 Å². The van der Waals surface area contributed by atoms with E-state index in [1.54, 1.807) is 17.7 Å². The number of hydrogen-bond acceptors (Lipinski definition) is 5. The number of thioether (sulfide) groups is 1. The Morgan fingerprint density at radius 2 is 2.14 bits per heavy atom. The number of rotatable bonds is 4. The van der Waals surface area contributed by atoms with Gasteiger partial charge < -0.3 is 5.32 Å². The van der Waals surface area contributed by atoms with Gasteiger partial charge in [0.1, 0.15) is 16.2 Å². The first kappa shape index (κ1) is 19.4. The van der Waals surface area contributed by atoms with Gasteiger partial charge in [-0.3, -0.25) is 4.79 Å². The van der Waals surface area contributed by atoms with E-state index >= 15 is 0 Å². The van der Waals surface area contributed by atoms with E-state index < -0.39 is 0 Å². The summed E-state index contributed by atoms with van der Waals surface area (Å²) in [7, 11) is 0. The number of carbonyl (C=O) groups is 1. The number of thiophene rings is 1. The summed E-state index contributed by atoms with van der Waals surface area (Å²) in [5.74, 6) is 0.732. The highest BCUT2D eigenvalue weighted by molar-refractivity contribution is 8.00. The van der Waals surface area contributed by atoms with Gasteiger partial charge in [0.05, 0.1) is 5.25 Å². The molecule has 2 heterocycles. The van der Waals surface area contributed by atoms with Gasteiger partial charge in [0, 0.05) is 16.0 Å². The van der Waals surface area contributed by atoms with Gasteiger partial charge in [0.25, 0.3) is 0 Å². The third kappa shape index (κ3) is 3.80. The normalized spacial score (nSPS) is 17.4. The van der Waals surface area contributed by atoms with Crippen LogP contribution >= 0.6 is 23.1 Å². The van der Waals surface area contributed by atoms with Crippen molar-refractivity contribution in [3.8, 4) is 0 Å². The van der Waals surface area contributed by atoms with Gasteiger partial charge in [-0.15, -0.1) is 11.3 Å². The predicted molar refractivity (Wildman–Crippen MR) is 118 cm³/mol. The fourth-order valence-corrected chi connectivity index (χ4v) is 6.02. The third-order valence-electron chi connectivity index (χ3n) is 5.37. The molecule has 0 radical (unpaired) electrons. The molecule has 28 heavy (non-hydrogen) atoms. The lowest BCUT2D eigenvalue weighted by Gasteiger charge is -2.18. The van der Waals surface area contributed by atoms with Crippen LogP contribution < -0.4 is 5.32 Å². The van der Waals surface area contributed by atoms with E-state index in [0.29, 0.717) is 0 Å². The number of aryl methyl sites for hydroxylation is 3. The monoisotopic (exact) mass is 411 g/mol. The van der Waals surface area contributed by atoms with Crippen molar-refractivity contribution in [2.45, 2.75) is 57.2 Å². The molecule has 0 fully saturated rings. The summed E-state index contributed by atoms with van der Waals surface area (Å²) in [4.78, 5) is 24.4. The van der Waals surface area contributed by atoms with Crippen LogP contribution in [0.1, 0.15) is 41.8 Å². The van der Waals surface area contributed by atoms with Gasteiger partial charge in [-0.05, 0) is 68.7 Å². The average Bonchev–Trinajstić information content (AvgIpc) is 3.03. The number of anilines is 1. The Kier molecular flexibility index (Phi) is 5.43. The van der Waals surface area contributed by atoms with Crippen LogP contribution in [0.3, 0.4) is 0 Å². The van der Waals surface area contributed by atoms with Crippen LogP contribution in [-0.2, 0) is 17.6 Å². The topological polar surface area (TPSA) is 54.9 Å². The molecule has 4 rings (SSSR count). The average molecular weight is 412 g/mol. The summed E-state index contributed by atoms with van der Waals surface area (Å²) in [6.45, 7) is 8.30. The molecule has 2 unspecified atom stereocenters. The Bertz CT molecular complexity index is 1040. The van der Waals surface area contributed by atoms with E-state index in [4.69, 9.17) is 0 Å². The minimum atomic E-state index is -0.240. The van der Waals surface area contributed by atoms with Crippen LogP contribution in [0.5, 0.6) is 0 Å². The quantitative estimate of drug-likeness (QED) is 0.451. The molecule has 1 aliphatic carbocycles. The molecule has 0 saturated heterocycles. The maximum absolute atomic E-state index is 12.8. The van der Waals surface area contributed by atoms with Gasteiger partial charge in [0.2, 0.25) is 5.91 Å². The number of nitrogens with one attached hydrogen (secondary N) is 1. The Hall–Kier alpha value is -1.92. The van der Waals surface area contributed by atoms with Crippen LogP contribution in [0.2, 0.25) is 0 Å². The molecular weight excluding hydrogens is 386 g/mol. The van der Waals surface area contributed by atoms with Crippen LogP contribution in [-0.4, -0.2) is 21.1 Å². The molecule has 3 aromatic rings. The van der Waals surface area contributed by atoms with Crippen molar-refractivity contribution < 1.29 is 4.79 Å². The van der Waals surface area contributed by atoms with E-state index in [0.717, 1.165) is 45.4 Å². The fourth-order valence-electron chi connectivity index (χ4n) is 3.66. The van der Waals surface area contributed by atoms with E-state index in [2.05, 4.69) is 28.3 Å². The third-order valence-corrected chi connectivity index (χ3v) is 7.63. The van der Waals surface area contributed by atoms with E-state index in [1.165, 1.54) is 34.0 Å². The van der Waals surface area contributed by atoms with Gasteiger partial charge in [-0.2, -0.15) is 0 Å². The summed E-state index contributed by atoms with van der Waals surface area (Å²) < 4.78 is 0. The van der Waals surface area contributed by atoms with Crippen molar-refractivity contribution in [3.05, 3.63) is 46.1 Å². The van der Waals surface area contributed by atoms with Gasteiger partial charge in [-0.1, -0.05) is 30.8 Å². The number of nitrogens with zero attached hydrogens (tertiary/aromatic N) is 2. The maximum atomic E-state index is 12.8. The molecule has 1 amide bonds. The smallest absolute Gasteiger partial charge is 0.237 e. The molecule has 0 spiro atoms. The second-order valence-electron chi connectivity index (χ2n) is 7.78. The number of fused-ring (bicyclic) bond motifs is 3. The lowest BCUT2D eigenvalue weighted by molar-refractivity contribution is -0.115. The summed E-state index contributed by atoms with van der Waals surface area (Å²) in [6, 6.07) is 6.11. The van der Waals surface area contributed by atoms with Crippen LogP contribution in [0, 0.1) is 19.8 Å². The molecule has 146 valence electrons. The first-order valence-electron chi connectivity index (χ1n) is 9.72. The Morgan fingerprint density at radius 3 is 2.96 bits per heavy atom. The highest BCUT2D eigenvalue weighted by atomic mass is 32.2. The number of amides is 1. The van der Waals surface area contributed by atoms with Crippen molar-refractivity contribution in [3.63, 3.8) is 0 Å². The molecule has 0 saturated carbocycles. The van der Waals surface area contributed by atoms with Crippen molar-refractivity contribution in [2.75, 3.05) is 5.32 Å². The van der Waals surface area contributed by atoms with Crippen molar-refractivity contribution >= 4 is 44.9 Å². The number of benzene rings is 1. The molecule has 2 aromatic heterocycles. The first-order chi connectivity index (χ1) is 13.4. The fraction of sp³-hybridized carbons (Fsp3) is 0.409. The SMILES string of the molecule is Cc1ccc(C)c(NC(=O)C(C)Sc2ncnc3sc4c(c23)CCC(C)C4)c1. The molecule has 1 aromatic carbocycles. The summed E-state index contributed by atoms with van der Waals surface area (Å²) in [5.41, 5.74) is 4.50. The zero-order chi connectivity index (χ0) is 19.8. The van der Waals surface area contributed by atoms with Crippen molar-refractivity contribution in [1.82, 2.24) is 9.97 Å². The second kappa shape index (κ2) is 7.84. The van der Waals surface area contributed by atoms with E-state index in [-0.39, 0.29) is 11.2 Å². The molecule has 0 aliphatic heterocycles. The zero-order valence-corrected chi connectivity index (χ0v) is 18.3. The molecule has 4 nitrogen and oxygen atoms in total. The summed E-state index contributed by atoms with van der Waals surface area (Å²) in [5, 5.41) is 4.94. The summed E-state index contributed by atoms with van der Waals surface area (Å²) in [6.07, 6.45) is 5.05. The van der Waals surface area contributed by atoms with E-state index in [9.17, 15) is 4.79 Å². The number of aromatic nitrogens is 2. The zero-order valence-electron chi connectivity index (χ0n) is 16.7. The first-order valence-corrected chi connectivity index (χ1v) is 11.4. The molecule has 1 aliphatic rings. The van der Waals surface area contributed by atoms with Crippen molar-refractivity contribution in [2.24, 2.45) is 5.92 Å². The Morgan fingerprint density at radius 1 is 1.32 bits per heavy atom. The van der Waals surface area contributed by atoms with Crippen LogP contribution in [0.4, 0.5) is 5.69 Å². The highest BCUT2D eigenvalue weighted by Crippen LogP contribution is 2.41. The van der Waals surface area contributed by atoms with Gasteiger partial charge in [0.15, 0.2) is 0 Å². The second-order valence-corrected chi connectivity index (χ2v) is 10.2. The lowest BCUT2D eigenvalue weighted by Crippen LogP contribution is -2.23. The maximum Gasteiger partial charge on any atom is 0.237 e. The van der Waals surface area contributed by atoms with Gasteiger partial charge in [-0.25, -0.2) is 9.97 Å². The Balaban J connectivity index is 1.57.